The lowest BCUT2D eigenvalue weighted by Crippen LogP contribution is -2.10. The number of hydrogen-bond acceptors (Lipinski definition) is 2. The molecule has 0 atom stereocenters. The fourth-order valence-electron chi connectivity index (χ4n) is 0.678. The summed E-state index contributed by atoms with van der Waals surface area (Å²) in [5.74, 6) is 0. The average Bonchev–Trinajstić information content (AvgIpc) is 1.92. The van der Waals surface area contributed by atoms with Crippen LogP contribution in [0.5, 0.6) is 0 Å². The van der Waals surface area contributed by atoms with E-state index in [-0.39, 0.29) is 0 Å². The number of alkyl halides is 3. The maximum atomic E-state index is 12.0. The first-order valence-electron chi connectivity index (χ1n) is 3.28. The van der Waals surface area contributed by atoms with Gasteiger partial charge in [0.15, 0.2) is 5.69 Å². The Balaban J connectivity index is 3.14. The van der Waals surface area contributed by atoms with Gasteiger partial charge in [-0.15, -0.1) is 0 Å². The number of aryl methyl sites for hydroxylation is 2. The smallest absolute Gasteiger partial charge is 0.257 e. The maximum absolute atomic E-state index is 12.0. The van der Waals surface area contributed by atoms with Crippen molar-refractivity contribution < 1.29 is 13.2 Å². The average molecular weight is 176 g/mol. The van der Waals surface area contributed by atoms with E-state index in [9.17, 15) is 13.2 Å². The number of rotatable bonds is 0. The van der Waals surface area contributed by atoms with Crippen LogP contribution in [-0.4, -0.2) is 9.97 Å². The summed E-state index contributed by atoms with van der Waals surface area (Å²) in [7, 11) is 0. The van der Waals surface area contributed by atoms with Crippen molar-refractivity contribution >= 4 is 0 Å². The van der Waals surface area contributed by atoms with Crippen LogP contribution < -0.4 is 0 Å². The van der Waals surface area contributed by atoms with Gasteiger partial charge in [-0.2, -0.15) is 13.2 Å². The van der Waals surface area contributed by atoms with Crippen molar-refractivity contribution in [2.75, 3.05) is 0 Å². The molecule has 0 saturated heterocycles. The molecule has 0 aromatic carbocycles. The van der Waals surface area contributed by atoms with Gasteiger partial charge in [0.1, 0.15) is 0 Å². The lowest BCUT2D eigenvalue weighted by atomic mass is 10.3. The van der Waals surface area contributed by atoms with Crippen LogP contribution in [0.4, 0.5) is 13.2 Å². The molecule has 2 nitrogen and oxygen atoms in total. The van der Waals surface area contributed by atoms with E-state index in [1.54, 1.807) is 6.92 Å². The van der Waals surface area contributed by atoms with Crippen LogP contribution in [-0.2, 0) is 6.18 Å². The maximum Gasteiger partial charge on any atom is 0.434 e. The molecule has 0 unspecified atom stereocenters. The summed E-state index contributed by atoms with van der Waals surface area (Å²) >= 11 is 0. The van der Waals surface area contributed by atoms with E-state index in [0.29, 0.717) is 11.4 Å². The molecule has 0 N–H and O–H groups in total. The van der Waals surface area contributed by atoms with E-state index in [4.69, 9.17) is 0 Å². The molecule has 0 amide bonds. The van der Waals surface area contributed by atoms with Crippen LogP contribution >= 0.6 is 0 Å². The minimum atomic E-state index is -4.40. The van der Waals surface area contributed by atoms with Crippen LogP contribution in [0, 0.1) is 13.8 Å². The lowest BCUT2D eigenvalue weighted by molar-refractivity contribution is -0.141. The quantitative estimate of drug-likeness (QED) is 0.605. The Morgan fingerprint density at radius 1 is 1.17 bits per heavy atom. The zero-order chi connectivity index (χ0) is 9.35. The molecule has 0 fully saturated rings. The topological polar surface area (TPSA) is 25.8 Å². The van der Waals surface area contributed by atoms with E-state index in [1.807, 2.05) is 0 Å². The molecule has 0 saturated carbocycles. The van der Waals surface area contributed by atoms with Gasteiger partial charge >= 0.3 is 6.18 Å². The van der Waals surface area contributed by atoms with Crippen molar-refractivity contribution in [1.82, 2.24) is 9.97 Å². The highest BCUT2D eigenvalue weighted by Crippen LogP contribution is 2.26. The Morgan fingerprint density at radius 3 is 2.17 bits per heavy atom. The van der Waals surface area contributed by atoms with Crippen molar-refractivity contribution in [2.45, 2.75) is 20.0 Å². The highest BCUT2D eigenvalue weighted by molar-refractivity contribution is 5.12. The standard InChI is InChI=1S/C7H7F3N2/c1-4-5(2)12-6(3-11-4)7(8,9)10/h3H,1-2H3. The van der Waals surface area contributed by atoms with Crippen molar-refractivity contribution in [3.05, 3.63) is 23.3 Å². The number of nitrogens with zero attached hydrogens (tertiary/aromatic N) is 2. The first-order valence-corrected chi connectivity index (χ1v) is 3.28. The molecule has 1 aromatic rings. The summed E-state index contributed by atoms with van der Waals surface area (Å²) in [5.41, 5.74) is -0.113. The van der Waals surface area contributed by atoms with Gasteiger partial charge in [-0.1, -0.05) is 0 Å². The Labute approximate surface area is 67.5 Å². The van der Waals surface area contributed by atoms with Crippen molar-refractivity contribution in [2.24, 2.45) is 0 Å². The number of halogens is 3. The zero-order valence-corrected chi connectivity index (χ0v) is 6.61. The van der Waals surface area contributed by atoms with Gasteiger partial charge in [0.05, 0.1) is 17.6 Å². The van der Waals surface area contributed by atoms with E-state index >= 15 is 0 Å². The fourth-order valence-corrected chi connectivity index (χ4v) is 0.678. The summed E-state index contributed by atoms with van der Waals surface area (Å²) in [6.45, 7) is 3.11. The van der Waals surface area contributed by atoms with E-state index < -0.39 is 11.9 Å². The molecular weight excluding hydrogens is 169 g/mol. The van der Waals surface area contributed by atoms with Crippen LogP contribution in [0.3, 0.4) is 0 Å². The Hall–Kier alpha value is -1.13. The molecule has 1 heterocycles. The summed E-state index contributed by atoms with van der Waals surface area (Å²) in [6, 6.07) is 0. The molecule has 0 aliphatic heterocycles. The van der Waals surface area contributed by atoms with Crippen molar-refractivity contribution in [3.8, 4) is 0 Å². The summed E-state index contributed by atoms with van der Waals surface area (Å²) < 4.78 is 36.0. The zero-order valence-electron chi connectivity index (χ0n) is 6.61. The predicted molar refractivity (Wildman–Crippen MR) is 36.5 cm³/mol. The lowest BCUT2D eigenvalue weighted by Gasteiger charge is -2.06. The largest absolute Gasteiger partial charge is 0.434 e. The first-order chi connectivity index (χ1) is 5.41. The summed E-state index contributed by atoms with van der Waals surface area (Å²) in [6.07, 6.45) is -3.66. The molecule has 0 aliphatic carbocycles. The van der Waals surface area contributed by atoms with E-state index in [1.165, 1.54) is 6.92 Å². The Morgan fingerprint density at radius 2 is 1.75 bits per heavy atom. The number of hydrogen-bond donors (Lipinski definition) is 0. The van der Waals surface area contributed by atoms with Gasteiger partial charge in [-0.25, -0.2) is 4.98 Å². The molecule has 5 heteroatoms. The van der Waals surface area contributed by atoms with E-state index in [2.05, 4.69) is 9.97 Å². The third-order valence-electron chi connectivity index (χ3n) is 1.48. The number of aromatic nitrogens is 2. The molecule has 0 bridgehead atoms. The molecule has 12 heavy (non-hydrogen) atoms. The van der Waals surface area contributed by atoms with Gasteiger partial charge in [0.2, 0.25) is 0 Å². The van der Waals surface area contributed by atoms with Crippen molar-refractivity contribution in [3.63, 3.8) is 0 Å². The third-order valence-corrected chi connectivity index (χ3v) is 1.48. The third kappa shape index (κ3) is 1.72. The summed E-state index contributed by atoms with van der Waals surface area (Å²) in [5, 5.41) is 0. The molecular formula is C7H7F3N2. The van der Waals surface area contributed by atoms with Crippen LogP contribution in [0.1, 0.15) is 17.1 Å². The highest BCUT2D eigenvalue weighted by Gasteiger charge is 2.33. The molecule has 1 rings (SSSR count). The Bertz CT molecular complexity index is 293. The second-order valence-electron chi connectivity index (χ2n) is 2.42. The SMILES string of the molecule is Cc1ncc(C(F)(F)F)nc1C. The van der Waals surface area contributed by atoms with Gasteiger partial charge in [0, 0.05) is 0 Å². The highest BCUT2D eigenvalue weighted by atomic mass is 19.4. The van der Waals surface area contributed by atoms with Gasteiger partial charge in [-0.3, -0.25) is 4.98 Å². The molecule has 0 radical (unpaired) electrons. The monoisotopic (exact) mass is 176 g/mol. The second kappa shape index (κ2) is 2.73. The minimum absolute atomic E-state index is 0.310. The van der Waals surface area contributed by atoms with Gasteiger partial charge < -0.3 is 0 Å². The Kier molecular flexibility index (Phi) is 2.04. The van der Waals surface area contributed by atoms with Crippen LogP contribution in [0.15, 0.2) is 6.20 Å². The predicted octanol–water partition coefficient (Wildman–Crippen LogP) is 2.11. The minimum Gasteiger partial charge on any atom is -0.257 e. The van der Waals surface area contributed by atoms with Gasteiger partial charge in [0.25, 0.3) is 0 Å². The van der Waals surface area contributed by atoms with Crippen LogP contribution in [0.25, 0.3) is 0 Å². The first kappa shape index (κ1) is 8.96. The fraction of sp³-hybridized carbons (Fsp3) is 0.429. The van der Waals surface area contributed by atoms with Crippen LogP contribution in [0.2, 0.25) is 0 Å². The van der Waals surface area contributed by atoms with E-state index in [0.717, 1.165) is 6.20 Å². The van der Waals surface area contributed by atoms with Gasteiger partial charge in [-0.05, 0) is 13.8 Å². The normalized spacial score (nSPS) is 11.8. The molecule has 1 aromatic heterocycles. The second-order valence-corrected chi connectivity index (χ2v) is 2.42. The molecule has 0 aliphatic rings. The van der Waals surface area contributed by atoms with Crippen molar-refractivity contribution in [1.29, 1.82) is 0 Å². The summed E-state index contributed by atoms with van der Waals surface area (Å²) in [4.78, 5) is 6.92. The molecule has 0 spiro atoms. The molecule has 66 valence electrons.